The van der Waals surface area contributed by atoms with Crippen LogP contribution < -0.4 is 5.32 Å². The number of hydrogen-bond acceptors (Lipinski definition) is 6. The van der Waals surface area contributed by atoms with Gasteiger partial charge >= 0.3 is 0 Å². The molecule has 0 bridgehead atoms. The summed E-state index contributed by atoms with van der Waals surface area (Å²) < 4.78 is 5.66. The molecular formula is C19H13ClN4O2S. The van der Waals surface area contributed by atoms with Crippen molar-refractivity contribution >= 4 is 45.9 Å². The molecule has 0 aliphatic carbocycles. The topological polar surface area (TPSA) is 80.9 Å². The highest BCUT2D eigenvalue weighted by Gasteiger charge is 2.12. The zero-order chi connectivity index (χ0) is 18.6. The molecule has 8 heteroatoms. The molecule has 4 aromatic rings. The van der Waals surface area contributed by atoms with E-state index in [-0.39, 0.29) is 11.7 Å². The Morgan fingerprint density at radius 3 is 2.81 bits per heavy atom. The standard InChI is InChI=1S/C19H13ClN4O2S/c20-14-4-6-15(7-5-14)22-17(25)11-27-19-24-23-18(26-19)13-3-8-16-12(10-13)2-1-9-21-16/h1-10H,11H2,(H,22,25). The van der Waals surface area contributed by atoms with E-state index in [0.717, 1.165) is 16.5 Å². The summed E-state index contributed by atoms with van der Waals surface area (Å²) in [4.78, 5) is 16.3. The number of benzene rings is 2. The van der Waals surface area contributed by atoms with E-state index in [0.29, 0.717) is 21.8 Å². The molecule has 2 aromatic heterocycles. The van der Waals surface area contributed by atoms with Crippen LogP contribution in [-0.4, -0.2) is 26.8 Å². The van der Waals surface area contributed by atoms with Crippen molar-refractivity contribution in [3.8, 4) is 11.5 Å². The van der Waals surface area contributed by atoms with Crippen molar-refractivity contribution in [2.24, 2.45) is 0 Å². The van der Waals surface area contributed by atoms with E-state index < -0.39 is 0 Å². The summed E-state index contributed by atoms with van der Waals surface area (Å²) in [5.41, 5.74) is 2.38. The van der Waals surface area contributed by atoms with E-state index in [2.05, 4.69) is 20.5 Å². The molecular weight excluding hydrogens is 384 g/mol. The maximum Gasteiger partial charge on any atom is 0.277 e. The summed E-state index contributed by atoms with van der Waals surface area (Å²) >= 11 is 7.01. The minimum absolute atomic E-state index is 0.159. The summed E-state index contributed by atoms with van der Waals surface area (Å²) in [6, 6.07) is 16.5. The van der Waals surface area contributed by atoms with Crippen molar-refractivity contribution in [3.05, 3.63) is 65.8 Å². The number of rotatable bonds is 5. The molecule has 6 nitrogen and oxygen atoms in total. The van der Waals surface area contributed by atoms with Gasteiger partial charge in [-0.3, -0.25) is 9.78 Å². The summed E-state index contributed by atoms with van der Waals surface area (Å²) in [7, 11) is 0. The van der Waals surface area contributed by atoms with E-state index in [4.69, 9.17) is 16.0 Å². The van der Waals surface area contributed by atoms with E-state index in [1.54, 1.807) is 30.5 Å². The monoisotopic (exact) mass is 396 g/mol. The predicted molar refractivity (Wildman–Crippen MR) is 106 cm³/mol. The van der Waals surface area contributed by atoms with Crippen LogP contribution in [0.3, 0.4) is 0 Å². The fourth-order valence-electron chi connectivity index (χ4n) is 2.45. The first-order chi connectivity index (χ1) is 13.2. The smallest absolute Gasteiger partial charge is 0.277 e. The summed E-state index contributed by atoms with van der Waals surface area (Å²) in [6.07, 6.45) is 1.75. The Hall–Kier alpha value is -2.90. The second-order valence-corrected chi connectivity index (χ2v) is 6.99. The fourth-order valence-corrected chi connectivity index (χ4v) is 3.14. The van der Waals surface area contributed by atoms with Crippen LogP contribution in [-0.2, 0) is 4.79 Å². The van der Waals surface area contributed by atoms with Gasteiger partial charge in [-0.25, -0.2) is 0 Å². The molecule has 0 saturated carbocycles. The molecule has 0 saturated heterocycles. The Balaban J connectivity index is 1.40. The van der Waals surface area contributed by atoms with Crippen LogP contribution in [0.15, 0.2) is 70.4 Å². The van der Waals surface area contributed by atoms with Crippen molar-refractivity contribution < 1.29 is 9.21 Å². The molecule has 0 atom stereocenters. The third-order valence-electron chi connectivity index (χ3n) is 3.71. The van der Waals surface area contributed by atoms with Gasteiger partial charge < -0.3 is 9.73 Å². The van der Waals surface area contributed by atoms with Crippen LogP contribution in [0.1, 0.15) is 0 Å². The van der Waals surface area contributed by atoms with Crippen LogP contribution in [0, 0.1) is 0 Å². The van der Waals surface area contributed by atoms with Crippen LogP contribution in [0.2, 0.25) is 5.02 Å². The predicted octanol–water partition coefficient (Wildman–Crippen LogP) is 4.67. The zero-order valence-electron chi connectivity index (χ0n) is 13.9. The first kappa shape index (κ1) is 17.5. The van der Waals surface area contributed by atoms with Crippen molar-refractivity contribution in [2.45, 2.75) is 5.22 Å². The van der Waals surface area contributed by atoms with Gasteiger partial charge in [-0.2, -0.15) is 0 Å². The lowest BCUT2D eigenvalue weighted by Gasteiger charge is -2.03. The molecule has 0 spiro atoms. The summed E-state index contributed by atoms with van der Waals surface area (Å²) in [5.74, 6) is 0.395. The lowest BCUT2D eigenvalue weighted by Crippen LogP contribution is -2.13. The minimum Gasteiger partial charge on any atom is -0.411 e. The van der Waals surface area contributed by atoms with Crippen molar-refractivity contribution in [2.75, 3.05) is 11.1 Å². The molecule has 1 amide bonds. The number of anilines is 1. The van der Waals surface area contributed by atoms with Crippen molar-refractivity contribution in [3.63, 3.8) is 0 Å². The number of thioether (sulfide) groups is 1. The highest BCUT2D eigenvalue weighted by atomic mass is 35.5. The van der Waals surface area contributed by atoms with Crippen LogP contribution in [0.25, 0.3) is 22.4 Å². The molecule has 2 heterocycles. The molecule has 1 N–H and O–H groups in total. The Labute approximate surface area is 164 Å². The second kappa shape index (κ2) is 7.77. The molecule has 27 heavy (non-hydrogen) atoms. The largest absolute Gasteiger partial charge is 0.411 e. The molecule has 0 aliphatic rings. The highest BCUT2D eigenvalue weighted by Crippen LogP contribution is 2.25. The number of hydrogen-bond donors (Lipinski definition) is 1. The molecule has 0 fully saturated rings. The number of carbonyl (C=O) groups excluding carboxylic acids is 1. The maximum atomic E-state index is 12.0. The number of nitrogens with zero attached hydrogens (tertiary/aromatic N) is 3. The number of carbonyl (C=O) groups is 1. The molecule has 0 radical (unpaired) electrons. The Morgan fingerprint density at radius 1 is 1.11 bits per heavy atom. The third-order valence-corrected chi connectivity index (χ3v) is 4.78. The van der Waals surface area contributed by atoms with Crippen LogP contribution >= 0.6 is 23.4 Å². The van der Waals surface area contributed by atoms with E-state index in [1.807, 2.05) is 30.3 Å². The first-order valence-electron chi connectivity index (χ1n) is 8.04. The third kappa shape index (κ3) is 4.27. The van der Waals surface area contributed by atoms with Crippen molar-refractivity contribution in [1.82, 2.24) is 15.2 Å². The number of amides is 1. The lowest BCUT2D eigenvalue weighted by molar-refractivity contribution is -0.113. The van der Waals surface area contributed by atoms with E-state index in [9.17, 15) is 4.79 Å². The van der Waals surface area contributed by atoms with Gasteiger partial charge in [0.25, 0.3) is 5.22 Å². The van der Waals surface area contributed by atoms with Crippen LogP contribution in [0.5, 0.6) is 0 Å². The van der Waals surface area contributed by atoms with E-state index >= 15 is 0 Å². The Kier molecular flexibility index (Phi) is 5.04. The van der Waals surface area contributed by atoms with Gasteiger partial charge in [-0.15, -0.1) is 10.2 Å². The maximum absolute atomic E-state index is 12.0. The molecule has 0 aliphatic heterocycles. The first-order valence-corrected chi connectivity index (χ1v) is 9.41. The molecule has 0 unspecified atom stereocenters. The molecule has 134 valence electrons. The summed E-state index contributed by atoms with van der Waals surface area (Å²) in [5, 5.41) is 12.8. The molecule has 2 aromatic carbocycles. The number of aromatic nitrogens is 3. The summed E-state index contributed by atoms with van der Waals surface area (Å²) in [6.45, 7) is 0. The number of fused-ring (bicyclic) bond motifs is 1. The number of pyridine rings is 1. The quantitative estimate of drug-likeness (QED) is 0.494. The second-order valence-electron chi connectivity index (χ2n) is 5.63. The normalized spacial score (nSPS) is 10.9. The highest BCUT2D eigenvalue weighted by molar-refractivity contribution is 7.99. The number of nitrogens with one attached hydrogen (secondary N) is 1. The van der Waals surface area contributed by atoms with Gasteiger partial charge in [-0.1, -0.05) is 29.4 Å². The fraction of sp³-hybridized carbons (Fsp3) is 0.0526. The number of halogens is 1. The van der Waals surface area contributed by atoms with Gasteiger partial charge in [0.2, 0.25) is 11.8 Å². The molecule has 4 rings (SSSR count). The van der Waals surface area contributed by atoms with Crippen LogP contribution in [0.4, 0.5) is 5.69 Å². The Morgan fingerprint density at radius 2 is 1.96 bits per heavy atom. The van der Waals surface area contributed by atoms with E-state index in [1.165, 1.54) is 11.8 Å². The lowest BCUT2D eigenvalue weighted by atomic mass is 10.1. The van der Waals surface area contributed by atoms with Gasteiger partial charge in [0.05, 0.1) is 11.3 Å². The van der Waals surface area contributed by atoms with Gasteiger partial charge in [0.1, 0.15) is 0 Å². The zero-order valence-corrected chi connectivity index (χ0v) is 15.5. The van der Waals surface area contributed by atoms with Gasteiger partial charge in [0.15, 0.2) is 0 Å². The average Bonchev–Trinajstić information content (AvgIpc) is 3.17. The average molecular weight is 397 g/mol. The minimum atomic E-state index is -0.168. The Bertz CT molecular complexity index is 1100. The van der Waals surface area contributed by atoms with Gasteiger partial charge in [-0.05, 0) is 48.5 Å². The SMILES string of the molecule is O=C(CSc1nnc(-c2ccc3ncccc3c2)o1)Nc1ccc(Cl)cc1. The van der Waals surface area contributed by atoms with Crippen molar-refractivity contribution in [1.29, 1.82) is 0 Å². The van der Waals surface area contributed by atoms with Gasteiger partial charge in [0, 0.05) is 27.9 Å².